The molecular formula is C15H22O2. The molecule has 0 bridgehead atoms. The van der Waals surface area contributed by atoms with E-state index >= 15 is 0 Å². The van der Waals surface area contributed by atoms with Crippen molar-refractivity contribution in [2.75, 3.05) is 0 Å². The van der Waals surface area contributed by atoms with Crippen molar-refractivity contribution in [1.82, 2.24) is 0 Å². The smallest absolute Gasteiger partial charge is 0.127 e. The summed E-state index contributed by atoms with van der Waals surface area (Å²) >= 11 is 0. The van der Waals surface area contributed by atoms with E-state index < -0.39 is 0 Å². The van der Waals surface area contributed by atoms with E-state index in [2.05, 4.69) is 13.5 Å². The van der Waals surface area contributed by atoms with Crippen LogP contribution in [0.15, 0.2) is 18.7 Å². The fraction of sp³-hybridized carbons (Fsp3) is 0.467. The Morgan fingerprint density at radius 1 is 1.12 bits per heavy atom. The molecule has 2 nitrogen and oxygen atoms in total. The van der Waals surface area contributed by atoms with E-state index in [-0.39, 0.29) is 11.5 Å². The van der Waals surface area contributed by atoms with Crippen LogP contribution in [0.3, 0.4) is 0 Å². The first kappa shape index (κ1) is 13.6. The maximum absolute atomic E-state index is 9.91. The molecule has 2 N–H and O–H groups in total. The van der Waals surface area contributed by atoms with Crippen molar-refractivity contribution in [3.63, 3.8) is 0 Å². The summed E-state index contributed by atoms with van der Waals surface area (Å²) in [6, 6.07) is 3.48. The molecule has 0 aliphatic heterocycles. The van der Waals surface area contributed by atoms with Gasteiger partial charge in [-0.25, -0.2) is 0 Å². The molecule has 0 heterocycles. The van der Waals surface area contributed by atoms with Crippen molar-refractivity contribution in [2.45, 2.75) is 46.0 Å². The Bertz CT molecular complexity index is 371. The molecule has 0 aliphatic carbocycles. The van der Waals surface area contributed by atoms with Gasteiger partial charge in [0.25, 0.3) is 0 Å². The van der Waals surface area contributed by atoms with E-state index in [1.54, 1.807) is 12.1 Å². The Kier molecular flexibility index (Phi) is 5.08. The maximum Gasteiger partial charge on any atom is 0.127 e. The van der Waals surface area contributed by atoms with Gasteiger partial charge in [-0.15, -0.1) is 0 Å². The average Bonchev–Trinajstić information content (AvgIpc) is 2.28. The van der Waals surface area contributed by atoms with Gasteiger partial charge in [0.1, 0.15) is 11.5 Å². The highest BCUT2D eigenvalue weighted by molar-refractivity contribution is 5.73. The Morgan fingerprint density at radius 3 is 2.18 bits per heavy atom. The molecule has 1 aromatic rings. The van der Waals surface area contributed by atoms with Crippen molar-refractivity contribution in [3.05, 3.63) is 29.8 Å². The Balaban J connectivity index is 2.89. The second kappa shape index (κ2) is 6.33. The zero-order valence-electron chi connectivity index (χ0n) is 10.8. The van der Waals surface area contributed by atoms with E-state index in [1.165, 1.54) is 12.8 Å². The number of phenols is 2. The van der Waals surface area contributed by atoms with E-state index in [4.69, 9.17) is 0 Å². The number of aryl methyl sites for hydroxylation is 1. The fourth-order valence-electron chi connectivity index (χ4n) is 1.93. The Hall–Kier alpha value is -1.44. The lowest BCUT2D eigenvalue weighted by Crippen LogP contribution is -1.90. The maximum atomic E-state index is 9.91. The van der Waals surface area contributed by atoms with Crippen LogP contribution < -0.4 is 0 Å². The van der Waals surface area contributed by atoms with E-state index in [0.717, 1.165) is 30.4 Å². The lowest BCUT2D eigenvalue weighted by atomic mass is 9.98. The zero-order chi connectivity index (χ0) is 12.8. The minimum atomic E-state index is 0.142. The predicted molar refractivity (Wildman–Crippen MR) is 72.3 cm³/mol. The molecule has 0 radical (unpaired) electrons. The molecule has 94 valence electrons. The Morgan fingerprint density at radius 2 is 1.71 bits per heavy atom. The molecule has 0 saturated carbocycles. The predicted octanol–water partition coefficient (Wildman–Crippen LogP) is 4.25. The molecule has 1 rings (SSSR count). The van der Waals surface area contributed by atoms with Gasteiger partial charge >= 0.3 is 0 Å². The van der Waals surface area contributed by atoms with Crippen LogP contribution in [-0.2, 0) is 6.42 Å². The highest BCUT2D eigenvalue weighted by Crippen LogP contribution is 2.35. The van der Waals surface area contributed by atoms with Gasteiger partial charge in [-0.1, -0.05) is 33.3 Å². The van der Waals surface area contributed by atoms with Crippen molar-refractivity contribution in [2.24, 2.45) is 0 Å². The third kappa shape index (κ3) is 3.52. The second-order valence-electron chi connectivity index (χ2n) is 4.42. The van der Waals surface area contributed by atoms with Crippen LogP contribution in [0, 0.1) is 0 Å². The molecule has 0 amide bonds. The number of rotatable bonds is 6. The minimum absolute atomic E-state index is 0.142. The molecule has 1 aromatic carbocycles. The van der Waals surface area contributed by atoms with Crippen molar-refractivity contribution >= 4 is 5.57 Å². The van der Waals surface area contributed by atoms with E-state index in [9.17, 15) is 10.2 Å². The summed E-state index contributed by atoms with van der Waals surface area (Å²) < 4.78 is 0. The number of unbranched alkanes of at least 4 members (excludes halogenated alkanes) is 2. The highest BCUT2D eigenvalue weighted by Gasteiger charge is 2.11. The van der Waals surface area contributed by atoms with Crippen molar-refractivity contribution in [3.8, 4) is 11.5 Å². The number of aromatic hydroxyl groups is 2. The molecule has 0 saturated heterocycles. The molecule has 0 fully saturated rings. The number of hydrogen-bond acceptors (Lipinski definition) is 2. The van der Waals surface area contributed by atoms with Crippen LogP contribution in [0.5, 0.6) is 11.5 Å². The summed E-state index contributed by atoms with van der Waals surface area (Å²) in [6.45, 7) is 7.96. The van der Waals surface area contributed by atoms with Crippen LogP contribution >= 0.6 is 0 Å². The highest BCUT2D eigenvalue weighted by atomic mass is 16.3. The summed E-state index contributed by atoms with van der Waals surface area (Å²) in [5, 5.41) is 19.8. The fourth-order valence-corrected chi connectivity index (χ4v) is 1.93. The standard InChI is InChI=1S/C15H22O2/c1-4-6-7-8-12-9-13(16)15(11(3)5-2)14(17)10-12/h9-10,16-17H,3-8H2,1-2H3. The molecule has 17 heavy (non-hydrogen) atoms. The van der Waals surface area contributed by atoms with Crippen LogP contribution in [0.1, 0.15) is 50.7 Å². The summed E-state index contributed by atoms with van der Waals surface area (Å²) in [6.07, 6.45) is 5.04. The molecule has 0 unspecified atom stereocenters. The lowest BCUT2D eigenvalue weighted by molar-refractivity contribution is 0.445. The normalized spacial score (nSPS) is 10.5. The minimum Gasteiger partial charge on any atom is -0.507 e. The summed E-state index contributed by atoms with van der Waals surface area (Å²) in [5.74, 6) is 0.284. The SMILES string of the molecule is C=C(CC)c1c(O)cc(CCCCC)cc1O. The Labute approximate surface area is 104 Å². The molecule has 0 aliphatic rings. The summed E-state index contributed by atoms with van der Waals surface area (Å²) in [4.78, 5) is 0. The van der Waals surface area contributed by atoms with Gasteiger partial charge in [-0.3, -0.25) is 0 Å². The van der Waals surface area contributed by atoms with Gasteiger partial charge in [0, 0.05) is 0 Å². The summed E-state index contributed by atoms with van der Waals surface area (Å²) in [7, 11) is 0. The second-order valence-corrected chi connectivity index (χ2v) is 4.42. The van der Waals surface area contributed by atoms with Gasteiger partial charge in [-0.2, -0.15) is 0 Å². The lowest BCUT2D eigenvalue weighted by Gasteiger charge is -2.11. The van der Waals surface area contributed by atoms with Crippen LogP contribution in [0.2, 0.25) is 0 Å². The average molecular weight is 234 g/mol. The van der Waals surface area contributed by atoms with E-state index in [1.807, 2.05) is 6.92 Å². The number of benzene rings is 1. The van der Waals surface area contributed by atoms with Gasteiger partial charge < -0.3 is 10.2 Å². The topological polar surface area (TPSA) is 40.5 Å². The zero-order valence-corrected chi connectivity index (χ0v) is 10.8. The molecular weight excluding hydrogens is 212 g/mol. The number of allylic oxidation sites excluding steroid dienone is 1. The first-order valence-corrected chi connectivity index (χ1v) is 6.33. The van der Waals surface area contributed by atoms with Crippen LogP contribution in [0.4, 0.5) is 0 Å². The van der Waals surface area contributed by atoms with Gasteiger partial charge in [0.2, 0.25) is 0 Å². The molecule has 0 atom stereocenters. The van der Waals surface area contributed by atoms with Crippen molar-refractivity contribution < 1.29 is 10.2 Å². The number of hydrogen-bond donors (Lipinski definition) is 2. The van der Waals surface area contributed by atoms with Crippen LogP contribution in [-0.4, -0.2) is 10.2 Å². The molecule has 0 aromatic heterocycles. The third-order valence-electron chi connectivity index (χ3n) is 3.01. The number of phenolic OH excluding ortho intramolecular Hbond substituents is 2. The van der Waals surface area contributed by atoms with E-state index in [0.29, 0.717) is 5.56 Å². The first-order valence-electron chi connectivity index (χ1n) is 6.33. The molecule has 0 spiro atoms. The largest absolute Gasteiger partial charge is 0.507 e. The van der Waals surface area contributed by atoms with Crippen LogP contribution in [0.25, 0.3) is 5.57 Å². The quantitative estimate of drug-likeness (QED) is 0.722. The van der Waals surface area contributed by atoms with Gasteiger partial charge in [-0.05, 0) is 42.5 Å². The first-order chi connectivity index (χ1) is 8.10. The van der Waals surface area contributed by atoms with Crippen molar-refractivity contribution in [1.29, 1.82) is 0 Å². The third-order valence-corrected chi connectivity index (χ3v) is 3.01. The monoisotopic (exact) mass is 234 g/mol. The summed E-state index contributed by atoms with van der Waals surface area (Å²) in [5.41, 5.74) is 2.24. The van der Waals surface area contributed by atoms with Gasteiger partial charge in [0.05, 0.1) is 5.56 Å². The molecule has 2 heteroatoms. The van der Waals surface area contributed by atoms with Gasteiger partial charge in [0.15, 0.2) is 0 Å².